The van der Waals surface area contributed by atoms with Gasteiger partial charge in [0.2, 0.25) is 11.8 Å². The van der Waals surface area contributed by atoms with Gasteiger partial charge in [-0.3, -0.25) is 9.59 Å². The van der Waals surface area contributed by atoms with E-state index in [0.29, 0.717) is 24.8 Å². The van der Waals surface area contributed by atoms with Gasteiger partial charge in [-0.2, -0.15) is 0 Å². The van der Waals surface area contributed by atoms with E-state index in [2.05, 4.69) is 42.7 Å². The minimum Gasteiger partial charge on any atom is -0.382 e. The number of aryl methyl sites for hydroxylation is 2. The molecule has 5 heteroatoms. The number of nitrogens with zero attached hydrogens (tertiary/aromatic N) is 1. The molecule has 0 bridgehead atoms. The zero-order valence-corrected chi connectivity index (χ0v) is 19.3. The number of nitrogens with one attached hydrogen (secondary N) is 2. The van der Waals surface area contributed by atoms with E-state index in [-0.39, 0.29) is 18.2 Å². The Morgan fingerprint density at radius 3 is 2.24 bits per heavy atom. The Kier molecular flexibility index (Phi) is 7.08. The highest BCUT2D eigenvalue weighted by Crippen LogP contribution is 2.23. The lowest BCUT2D eigenvalue weighted by molar-refractivity contribution is -0.135. The topological polar surface area (TPSA) is 61.4 Å². The number of carbonyl (C=O) groups excluding carboxylic acids is 2. The molecule has 0 radical (unpaired) electrons. The van der Waals surface area contributed by atoms with Gasteiger partial charge in [-0.25, -0.2) is 0 Å². The number of hydrogen-bond acceptors (Lipinski definition) is 3. The summed E-state index contributed by atoms with van der Waals surface area (Å²) >= 11 is 0. The summed E-state index contributed by atoms with van der Waals surface area (Å²) in [6, 6.07) is 24.5. The highest BCUT2D eigenvalue weighted by atomic mass is 16.2. The van der Waals surface area contributed by atoms with Gasteiger partial charge in [-0.15, -0.1) is 0 Å². The monoisotopic (exact) mass is 441 g/mol. The molecule has 1 fully saturated rings. The van der Waals surface area contributed by atoms with Crippen molar-refractivity contribution in [3.05, 3.63) is 83.9 Å². The Bertz CT molecular complexity index is 1100. The van der Waals surface area contributed by atoms with Crippen molar-refractivity contribution in [1.82, 2.24) is 4.90 Å². The third kappa shape index (κ3) is 6.01. The predicted octanol–water partition coefficient (Wildman–Crippen LogP) is 5.40. The van der Waals surface area contributed by atoms with E-state index in [1.54, 1.807) is 4.90 Å². The van der Waals surface area contributed by atoms with E-state index >= 15 is 0 Å². The van der Waals surface area contributed by atoms with Gasteiger partial charge in [0.25, 0.3) is 0 Å². The van der Waals surface area contributed by atoms with Crippen LogP contribution < -0.4 is 10.6 Å². The molecular weight excluding hydrogens is 410 g/mol. The van der Waals surface area contributed by atoms with E-state index in [1.165, 1.54) is 11.1 Å². The van der Waals surface area contributed by atoms with Gasteiger partial charge in [-0.1, -0.05) is 54.6 Å². The molecule has 3 aromatic carbocycles. The quantitative estimate of drug-likeness (QED) is 0.504. The molecule has 170 valence electrons. The molecule has 2 N–H and O–H groups in total. The summed E-state index contributed by atoms with van der Waals surface area (Å²) in [5.74, 6) is -0.387. The van der Waals surface area contributed by atoms with Crippen molar-refractivity contribution in [3.63, 3.8) is 0 Å². The standard InChI is InChI=1S/C28H31N3O2/c1-20-8-9-21(2)26(18-20)29-25-14-16-31(17-15-25)28(33)19-27(32)30-24-12-10-23(11-13-24)22-6-4-3-5-7-22/h3-13,18,25,29H,14-17,19H2,1-2H3,(H,30,32). The van der Waals surface area contributed by atoms with Crippen molar-refractivity contribution in [2.75, 3.05) is 23.7 Å². The van der Waals surface area contributed by atoms with Crippen LogP contribution in [0.2, 0.25) is 0 Å². The van der Waals surface area contributed by atoms with Crippen LogP contribution in [0.25, 0.3) is 11.1 Å². The van der Waals surface area contributed by atoms with E-state index in [1.807, 2.05) is 54.6 Å². The zero-order valence-electron chi connectivity index (χ0n) is 19.3. The Hall–Kier alpha value is -3.60. The Balaban J connectivity index is 1.24. The van der Waals surface area contributed by atoms with Crippen molar-refractivity contribution in [2.24, 2.45) is 0 Å². The van der Waals surface area contributed by atoms with Gasteiger partial charge < -0.3 is 15.5 Å². The molecule has 1 saturated heterocycles. The molecule has 2 amide bonds. The van der Waals surface area contributed by atoms with Crippen LogP contribution in [0.1, 0.15) is 30.4 Å². The maximum Gasteiger partial charge on any atom is 0.233 e. The fraction of sp³-hybridized carbons (Fsp3) is 0.286. The molecule has 1 aliphatic heterocycles. The van der Waals surface area contributed by atoms with Crippen molar-refractivity contribution < 1.29 is 9.59 Å². The molecule has 33 heavy (non-hydrogen) atoms. The molecule has 1 aliphatic rings. The number of hydrogen-bond donors (Lipinski definition) is 2. The molecule has 0 aliphatic carbocycles. The largest absolute Gasteiger partial charge is 0.382 e. The second-order valence-corrected chi connectivity index (χ2v) is 8.79. The van der Waals surface area contributed by atoms with Crippen molar-refractivity contribution >= 4 is 23.2 Å². The van der Waals surface area contributed by atoms with E-state index in [4.69, 9.17) is 0 Å². The minimum absolute atomic E-state index is 0.112. The van der Waals surface area contributed by atoms with Crippen molar-refractivity contribution in [3.8, 4) is 11.1 Å². The Morgan fingerprint density at radius 2 is 1.55 bits per heavy atom. The normalized spacial score (nSPS) is 14.1. The van der Waals surface area contributed by atoms with Crippen LogP contribution in [-0.2, 0) is 9.59 Å². The van der Waals surface area contributed by atoms with Gasteiger partial charge in [-0.05, 0) is 67.1 Å². The molecule has 0 unspecified atom stereocenters. The van der Waals surface area contributed by atoms with Gasteiger partial charge in [0.1, 0.15) is 6.42 Å². The van der Waals surface area contributed by atoms with Gasteiger partial charge >= 0.3 is 0 Å². The zero-order chi connectivity index (χ0) is 23.2. The average molecular weight is 442 g/mol. The van der Waals surface area contributed by atoms with E-state index < -0.39 is 0 Å². The Labute approximate surface area is 195 Å². The van der Waals surface area contributed by atoms with E-state index in [9.17, 15) is 9.59 Å². The van der Waals surface area contributed by atoms with Crippen LogP contribution in [-0.4, -0.2) is 35.8 Å². The number of amides is 2. The van der Waals surface area contributed by atoms with Crippen LogP contribution in [0.5, 0.6) is 0 Å². The molecule has 0 saturated carbocycles. The third-order valence-corrected chi connectivity index (χ3v) is 6.19. The molecule has 3 aromatic rings. The number of carbonyl (C=O) groups is 2. The maximum atomic E-state index is 12.6. The predicted molar refractivity (Wildman–Crippen MR) is 134 cm³/mol. The first kappa shape index (κ1) is 22.6. The number of benzene rings is 3. The molecule has 4 rings (SSSR count). The lowest BCUT2D eigenvalue weighted by Crippen LogP contribution is -2.43. The first-order chi connectivity index (χ1) is 16.0. The van der Waals surface area contributed by atoms with Gasteiger partial charge in [0.05, 0.1) is 0 Å². The van der Waals surface area contributed by atoms with Crippen molar-refractivity contribution in [1.29, 1.82) is 0 Å². The van der Waals surface area contributed by atoms with Crippen LogP contribution in [0.4, 0.5) is 11.4 Å². The summed E-state index contributed by atoms with van der Waals surface area (Å²) in [6.45, 7) is 5.53. The van der Waals surface area contributed by atoms with Gasteiger partial charge in [0, 0.05) is 30.5 Å². The minimum atomic E-state index is -0.275. The number of rotatable bonds is 6. The fourth-order valence-electron chi connectivity index (χ4n) is 4.22. The highest BCUT2D eigenvalue weighted by molar-refractivity contribution is 6.03. The lowest BCUT2D eigenvalue weighted by atomic mass is 10.0. The first-order valence-corrected chi connectivity index (χ1v) is 11.5. The molecule has 5 nitrogen and oxygen atoms in total. The fourth-order valence-corrected chi connectivity index (χ4v) is 4.22. The molecular formula is C28H31N3O2. The first-order valence-electron chi connectivity index (χ1n) is 11.5. The molecule has 1 heterocycles. The van der Waals surface area contributed by atoms with Crippen molar-refractivity contribution in [2.45, 2.75) is 39.2 Å². The number of likely N-dealkylation sites (tertiary alicyclic amines) is 1. The summed E-state index contributed by atoms with van der Waals surface area (Å²) in [4.78, 5) is 26.9. The molecule has 0 spiro atoms. The average Bonchev–Trinajstić information content (AvgIpc) is 2.83. The summed E-state index contributed by atoms with van der Waals surface area (Å²) < 4.78 is 0. The highest BCUT2D eigenvalue weighted by Gasteiger charge is 2.24. The van der Waals surface area contributed by atoms with Crippen LogP contribution in [0, 0.1) is 13.8 Å². The summed E-state index contributed by atoms with van der Waals surface area (Å²) in [5.41, 5.74) is 6.54. The smallest absolute Gasteiger partial charge is 0.233 e. The second-order valence-electron chi connectivity index (χ2n) is 8.79. The summed E-state index contributed by atoms with van der Waals surface area (Å²) in [6.07, 6.45) is 1.62. The van der Waals surface area contributed by atoms with Crippen LogP contribution in [0.15, 0.2) is 72.8 Å². The molecule has 0 aromatic heterocycles. The van der Waals surface area contributed by atoms with Crippen LogP contribution >= 0.6 is 0 Å². The lowest BCUT2D eigenvalue weighted by Gasteiger charge is -2.33. The molecule has 0 atom stereocenters. The van der Waals surface area contributed by atoms with E-state index in [0.717, 1.165) is 29.7 Å². The Morgan fingerprint density at radius 1 is 0.879 bits per heavy atom. The van der Waals surface area contributed by atoms with Gasteiger partial charge in [0.15, 0.2) is 0 Å². The second kappa shape index (κ2) is 10.3. The summed E-state index contributed by atoms with van der Waals surface area (Å²) in [5, 5.41) is 6.47. The number of piperidine rings is 1. The van der Waals surface area contributed by atoms with Crippen LogP contribution in [0.3, 0.4) is 0 Å². The third-order valence-electron chi connectivity index (χ3n) is 6.19. The SMILES string of the molecule is Cc1ccc(C)c(NC2CCN(C(=O)CC(=O)Nc3ccc(-c4ccccc4)cc3)CC2)c1. The number of anilines is 2. The summed E-state index contributed by atoms with van der Waals surface area (Å²) in [7, 11) is 0. The maximum absolute atomic E-state index is 12.6.